The van der Waals surface area contributed by atoms with Crippen LogP contribution >= 0.6 is 0 Å². The van der Waals surface area contributed by atoms with Crippen LogP contribution in [0.3, 0.4) is 0 Å². The van der Waals surface area contributed by atoms with Crippen molar-refractivity contribution < 1.29 is 32.2 Å². The van der Waals surface area contributed by atoms with E-state index in [-0.39, 0.29) is 11.7 Å². The van der Waals surface area contributed by atoms with Gasteiger partial charge in [-0.25, -0.2) is 0 Å². The second-order valence-corrected chi connectivity index (χ2v) is 7.48. The highest BCUT2D eigenvalue weighted by atomic mass is 19.4. The Labute approximate surface area is 192 Å². The van der Waals surface area contributed by atoms with Crippen LogP contribution in [0.15, 0.2) is 53.7 Å². The van der Waals surface area contributed by atoms with Crippen molar-refractivity contribution in [1.29, 1.82) is 0 Å². The highest BCUT2D eigenvalue weighted by molar-refractivity contribution is 6.04. The molecule has 0 amide bonds. The van der Waals surface area contributed by atoms with Gasteiger partial charge in [-0.15, -0.1) is 0 Å². The number of nitrogens with zero attached hydrogens (tertiary/aromatic N) is 1. The minimum absolute atomic E-state index is 0.0995. The zero-order chi connectivity index (χ0) is 24.4. The third kappa shape index (κ3) is 8.04. The van der Waals surface area contributed by atoms with Gasteiger partial charge in [-0.05, 0) is 75.2 Å². The first-order valence-electron chi connectivity index (χ1n) is 10.6. The predicted octanol–water partition coefficient (Wildman–Crippen LogP) is 6.41. The number of ether oxygens (including phenoxy) is 3. The summed E-state index contributed by atoms with van der Waals surface area (Å²) in [6, 6.07) is 9.43. The normalized spacial score (nSPS) is 13.2. The zero-order valence-corrected chi connectivity index (χ0v) is 19.5. The highest BCUT2D eigenvalue weighted by Gasteiger charge is 2.37. The van der Waals surface area contributed by atoms with E-state index in [9.17, 15) is 13.2 Å². The SMILES string of the molecule is C/C=C/COc1cc(C)c(OC(C)CCOc2ccc(/C(=N/OC)C(F)(F)F)cc2)c(C)c1. The van der Waals surface area contributed by atoms with Crippen LogP contribution in [0.1, 0.15) is 37.0 Å². The molecule has 0 aliphatic carbocycles. The van der Waals surface area contributed by atoms with Crippen molar-refractivity contribution in [2.45, 2.75) is 46.4 Å². The molecule has 0 saturated carbocycles. The molecule has 0 fully saturated rings. The monoisotopic (exact) mass is 465 g/mol. The predicted molar refractivity (Wildman–Crippen MR) is 122 cm³/mol. The number of hydrogen-bond acceptors (Lipinski definition) is 5. The van der Waals surface area contributed by atoms with Crippen LogP contribution in [0, 0.1) is 13.8 Å². The summed E-state index contributed by atoms with van der Waals surface area (Å²) in [6.07, 6.45) is -0.267. The van der Waals surface area contributed by atoms with Crippen LogP contribution in [0.5, 0.6) is 17.2 Å². The number of alkyl halides is 3. The summed E-state index contributed by atoms with van der Waals surface area (Å²) in [4.78, 5) is 4.31. The van der Waals surface area contributed by atoms with E-state index >= 15 is 0 Å². The summed E-state index contributed by atoms with van der Waals surface area (Å²) in [5, 5.41) is 3.08. The Morgan fingerprint density at radius 2 is 1.67 bits per heavy atom. The summed E-state index contributed by atoms with van der Waals surface area (Å²) < 4.78 is 56.6. The van der Waals surface area contributed by atoms with Crippen LogP contribution < -0.4 is 14.2 Å². The standard InChI is InChI=1S/C25H30F3NO4/c1-6-7-13-31-22-15-17(2)23(18(3)16-22)33-19(4)12-14-32-21-10-8-20(9-11-21)24(29-30-5)25(26,27)28/h6-11,15-16,19H,12-14H2,1-5H3/b7-6+,29-24-. The summed E-state index contributed by atoms with van der Waals surface area (Å²) in [6.45, 7) is 8.69. The molecule has 0 aliphatic heterocycles. The fourth-order valence-corrected chi connectivity index (χ4v) is 3.09. The van der Waals surface area contributed by atoms with Crippen molar-refractivity contribution in [3.8, 4) is 17.2 Å². The molecule has 5 nitrogen and oxygen atoms in total. The first-order chi connectivity index (χ1) is 15.7. The molecule has 180 valence electrons. The molecule has 0 spiro atoms. The van der Waals surface area contributed by atoms with E-state index in [1.165, 1.54) is 24.3 Å². The van der Waals surface area contributed by atoms with Crippen molar-refractivity contribution in [2.24, 2.45) is 5.16 Å². The molecule has 0 saturated heterocycles. The lowest BCUT2D eigenvalue weighted by Crippen LogP contribution is -2.24. The second-order valence-electron chi connectivity index (χ2n) is 7.48. The Kier molecular flexibility index (Phi) is 9.63. The molecule has 2 aromatic carbocycles. The van der Waals surface area contributed by atoms with Crippen molar-refractivity contribution >= 4 is 5.71 Å². The van der Waals surface area contributed by atoms with Gasteiger partial charge in [0.15, 0.2) is 5.71 Å². The van der Waals surface area contributed by atoms with Gasteiger partial charge in [0.05, 0.1) is 12.7 Å². The van der Waals surface area contributed by atoms with Gasteiger partial charge < -0.3 is 19.0 Å². The van der Waals surface area contributed by atoms with Gasteiger partial charge in [-0.1, -0.05) is 17.3 Å². The molecule has 0 N–H and O–H groups in total. The van der Waals surface area contributed by atoms with E-state index < -0.39 is 11.9 Å². The molecule has 8 heteroatoms. The summed E-state index contributed by atoms with van der Waals surface area (Å²) in [5.41, 5.74) is 0.763. The maximum atomic E-state index is 13.0. The lowest BCUT2D eigenvalue weighted by molar-refractivity contribution is -0.0608. The van der Waals surface area contributed by atoms with Gasteiger partial charge in [0.2, 0.25) is 0 Å². The van der Waals surface area contributed by atoms with Gasteiger partial charge >= 0.3 is 6.18 Å². The molecule has 0 aliphatic rings. The second kappa shape index (κ2) is 12.2. The maximum Gasteiger partial charge on any atom is 0.437 e. The number of hydrogen-bond donors (Lipinski definition) is 0. The smallest absolute Gasteiger partial charge is 0.437 e. The third-order valence-corrected chi connectivity index (χ3v) is 4.71. The maximum absolute atomic E-state index is 13.0. The van der Waals surface area contributed by atoms with E-state index in [0.717, 1.165) is 29.7 Å². The number of rotatable bonds is 11. The summed E-state index contributed by atoms with van der Waals surface area (Å²) in [7, 11) is 1.07. The van der Waals surface area contributed by atoms with Crippen LogP contribution in [-0.4, -0.2) is 38.3 Å². The lowest BCUT2D eigenvalue weighted by Gasteiger charge is -2.19. The molecule has 2 rings (SSSR count). The highest BCUT2D eigenvalue weighted by Crippen LogP contribution is 2.30. The summed E-state index contributed by atoms with van der Waals surface area (Å²) in [5.74, 6) is 2.06. The molecule has 1 unspecified atom stereocenters. The number of benzene rings is 2. The van der Waals surface area contributed by atoms with E-state index in [0.29, 0.717) is 25.4 Å². The largest absolute Gasteiger partial charge is 0.493 e. The lowest BCUT2D eigenvalue weighted by atomic mass is 10.1. The average molecular weight is 466 g/mol. The number of oxime groups is 1. The Hall–Kier alpha value is -3.16. The topological polar surface area (TPSA) is 49.3 Å². The van der Waals surface area contributed by atoms with Crippen LogP contribution in [-0.2, 0) is 4.84 Å². The minimum Gasteiger partial charge on any atom is -0.493 e. The fourth-order valence-electron chi connectivity index (χ4n) is 3.09. The van der Waals surface area contributed by atoms with Crippen LogP contribution in [0.25, 0.3) is 0 Å². The Bertz CT molecular complexity index is 930. The molecule has 0 aromatic heterocycles. The third-order valence-electron chi connectivity index (χ3n) is 4.71. The molecule has 0 heterocycles. The Balaban J connectivity index is 1.90. The van der Waals surface area contributed by atoms with Gasteiger partial charge in [0, 0.05) is 12.0 Å². The molecular formula is C25H30F3NO4. The van der Waals surface area contributed by atoms with Gasteiger partial charge in [-0.3, -0.25) is 0 Å². The molecule has 33 heavy (non-hydrogen) atoms. The first kappa shape index (κ1) is 26.1. The molecule has 2 aromatic rings. The summed E-state index contributed by atoms with van der Waals surface area (Å²) >= 11 is 0. The quantitative estimate of drug-likeness (QED) is 0.219. The fraction of sp³-hybridized carbons (Fsp3) is 0.400. The first-order valence-corrected chi connectivity index (χ1v) is 10.6. The van der Waals surface area contributed by atoms with E-state index in [2.05, 4.69) is 9.99 Å². The van der Waals surface area contributed by atoms with Crippen molar-refractivity contribution in [2.75, 3.05) is 20.3 Å². The van der Waals surface area contributed by atoms with Crippen LogP contribution in [0.4, 0.5) is 13.2 Å². The van der Waals surface area contributed by atoms with Gasteiger partial charge in [0.1, 0.15) is 31.0 Å². The molecule has 0 bridgehead atoms. The molecular weight excluding hydrogens is 435 g/mol. The molecule has 1 atom stereocenters. The molecule has 0 radical (unpaired) electrons. The van der Waals surface area contributed by atoms with Crippen molar-refractivity contribution in [3.05, 3.63) is 65.2 Å². The van der Waals surface area contributed by atoms with Crippen LogP contribution in [0.2, 0.25) is 0 Å². The van der Waals surface area contributed by atoms with E-state index in [1.807, 2.05) is 52.0 Å². The minimum atomic E-state index is -4.61. The van der Waals surface area contributed by atoms with E-state index in [1.54, 1.807) is 0 Å². The average Bonchev–Trinajstić information content (AvgIpc) is 2.75. The van der Waals surface area contributed by atoms with Gasteiger partial charge in [0.25, 0.3) is 0 Å². The zero-order valence-electron chi connectivity index (χ0n) is 19.5. The number of halogens is 3. The van der Waals surface area contributed by atoms with Gasteiger partial charge in [-0.2, -0.15) is 13.2 Å². The Morgan fingerprint density at radius 1 is 1.03 bits per heavy atom. The Morgan fingerprint density at radius 3 is 2.21 bits per heavy atom. The number of aryl methyl sites for hydroxylation is 2. The number of allylic oxidation sites excluding steroid dienone is 1. The van der Waals surface area contributed by atoms with Crippen molar-refractivity contribution in [1.82, 2.24) is 0 Å². The van der Waals surface area contributed by atoms with Crippen molar-refractivity contribution in [3.63, 3.8) is 0 Å². The van der Waals surface area contributed by atoms with E-state index in [4.69, 9.17) is 14.2 Å².